The van der Waals surface area contributed by atoms with Crippen LogP contribution in [0.1, 0.15) is 13.8 Å². The normalized spacial score (nSPS) is 11.3. The van der Waals surface area contributed by atoms with Gasteiger partial charge in [0.1, 0.15) is 5.75 Å². The summed E-state index contributed by atoms with van der Waals surface area (Å²) in [6.07, 6.45) is 0. The molecular formula is C18H23NO. The second-order valence-electron chi connectivity index (χ2n) is 5.85. The predicted molar refractivity (Wildman–Crippen MR) is 85.1 cm³/mol. The van der Waals surface area contributed by atoms with Crippen LogP contribution < -0.4 is 10.1 Å². The number of nitrogens with one attached hydrogen (secondary N) is 1. The van der Waals surface area contributed by atoms with Crippen molar-refractivity contribution in [2.45, 2.75) is 13.8 Å². The summed E-state index contributed by atoms with van der Waals surface area (Å²) < 4.78 is 6.07. The minimum Gasteiger partial charge on any atom is -0.492 e. The van der Waals surface area contributed by atoms with E-state index < -0.39 is 0 Å². The first kappa shape index (κ1) is 14.6. The Morgan fingerprint density at radius 1 is 0.950 bits per heavy atom. The molecule has 2 aromatic rings. The standard InChI is InChI=1S/C18H23NO/c1-18(2,13-19-3)14-20-17-12-8-7-11-16(17)15-9-5-4-6-10-15/h4-12,19H,13-14H2,1-3H3. The average Bonchev–Trinajstić information content (AvgIpc) is 2.46. The number of hydrogen-bond donors (Lipinski definition) is 1. The van der Waals surface area contributed by atoms with Crippen molar-refractivity contribution in [2.24, 2.45) is 5.41 Å². The zero-order chi connectivity index (χ0) is 14.4. The van der Waals surface area contributed by atoms with Gasteiger partial charge in [-0.2, -0.15) is 0 Å². The van der Waals surface area contributed by atoms with Gasteiger partial charge in [-0.05, 0) is 18.7 Å². The van der Waals surface area contributed by atoms with Crippen molar-refractivity contribution in [3.8, 4) is 16.9 Å². The molecule has 0 bridgehead atoms. The van der Waals surface area contributed by atoms with E-state index in [-0.39, 0.29) is 5.41 Å². The first-order valence-electron chi connectivity index (χ1n) is 7.04. The third kappa shape index (κ3) is 3.84. The van der Waals surface area contributed by atoms with Crippen LogP contribution in [-0.4, -0.2) is 20.2 Å². The lowest BCUT2D eigenvalue weighted by Crippen LogP contribution is -2.32. The van der Waals surface area contributed by atoms with Crippen LogP contribution in [0.25, 0.3) is 11.1 Å². The van der Waals surface area contributed by atoms with E-state index in [1.165, 1.54) is 5.56 Å². The summed E-state index contributed by atoms with van der Waals surface area (Å²) in [4.78, 5) is 0. The van der Waals surface area contributed by atoms with E-state index in [4.69, 9.17) is 4.74 Å². The van der Waals surface area contributed by atoms with Crippen molar-refractivity contribution in [1.29, 1.82) is 0 Å². The Bertz CT molecular complexity index is 534. The van der Waals surface area contributed by atoms with Crippen molar-refractivity contribution < 1.29 is 4.74 Å². The third-order valence-electron chi connectivity index (χ3n) is 3.25. The van der Waals surface area contributed by atoms with Crippen LogP contribution in [0.3, 0.4) is 0 Å². The van der Waals surface area contributed by atoms with Gasteiger partial charge in [-0.25, -0.2) is 0 Å². The first-order valence-corrected chi connectivity index (χ1v) is 7.04. The molecule has 0 aliphatic rings. The largest absolute Gasteiger partial charge is 0.492 e. The molecule has 2 aromatic carbocycles. The van der Waals surface area contributed by atoms with E-state index in [2.05, 4.69) is 49.5 Å². The van der Waals surface area contributed by atoms with Gasteiger partial charge >= 0.3 is 0 Å². The Hall–Kier alpha value is -1.80. The van der Waals surface area contributed by atoms with Crippen LogP contribution >= 0.6 is 0 Å². The molecule has 106 valence electrons. The molecule has 0 amide bonds. The minimum atomic E-state index is 0.110. The third-order valence-corrected chi connectivity index (χ3v) is 3.25. The maximum absolute atomic E-state index is 6.07. The molecule has 1 N–H and O–H groups in total. The second kappa shape index (κ2) is 6.58. The van der Waals surface area contributed by atoms with Gasteiger partial charge in [0.2, 0.25) is 0 Å². The van der Waals surface area contributed by atoms with E-state index >= 15 is 0 Å². The summed E-state index contributed by atoms with van der Waals surface area (Å²) >= 11 is 0. The molecule has 0 saturated heterocycles. The molecule has 2 heteroatoms. The molecule has 0 heterocycles. The Morgan fingerprint density at radius 2 is 1.60 bits per heavy atom. The summed E-state index contributed by atoms with van der Waals surface area (Å²) in [6, 6.07) is 18.6. The lowest BCUT2D eigenvalue weighted by atomic mass is 9.95. The highest BCUT2D eigenvalue weighted by Crippen LogP contribution is 2.30. The molecule has 2 nitrogen and oxygen atoms in total. The molecular weight excluding hydrogens is 246 g/mol. The Balaban J connectivity index is 2.17. The highest BCUT2D eigenvalue weighted by Gasteiger charge is 2.18. The Morgan fingerprint density at radius 3 is 2.30 bits per heavy atom. The van der Waals surface area contributed by atoms with Crippen molar-refractivity contribution in [3.05, 3.63) is 54.6 Å². The van der Waals surface area contributed by atoms with Gasteiger partial charge in [0.15, 0.2) is 0 Å². The van der Waals surface area contributed by atoms with Crippen molar-refractivity contribution >= 4 is 0 Å². The summed E-state index contributed by atoms with van der Waals surface area (Å²) in [5, 5.41) is 3.21. The van der Waals surface area contributed by atoms with E-state index in [1.807, 2.05) is 31.3 Å². The number of benzene rings is 2. The lowest BCUT2D eigenvalue weighted by Gasteiger charge is -2.25. The Labute approximate surface area is 121 Å². The summed E-state index contributed by atoms with van der Waals surface area (Å²) in [5.74, 6) is 0.947. The average molecular weight is 269 g/mol. The SMILES string of the molecule is CNCC(C)(C)COc1ccccc1-c1ccccc1. The highest BCUT2D eigenvalue weighted by molar-refractivity contribution is 5.70. The van der Waals surface area contributed by atoms with Gasteiger partial charge in [0.25, 0.3) is 0 Å². The smallest absolute Gasteiger partial charge is 0.127 e. The molecule has 0 aromatic heterocycles. The molecule has 0 saturated carbocycles. The minimum absolute atomic E-state index is 0.110. The molecule has 0 aliphatic carbocycles. The van der Waals surface area contributed by atoms with Crippen molar-refractivity contribution in [1.82, 2.24) is 5.32 Å². The first-order chi connectivity index (χ1) is 9.62. The second-order valence-corrected chi connectivity index (χ2v) is 5.85. The number of ether oxygens (including phenoxy) is 1. The molecule has 0 unspecified atom stereocenters. The molecule has 0 radical (unpaired) electrons. The topological polar surface area (TPSA) is 21.3 Å². The fourth-order valence-electron chi connectivity index (χ4n) is 2.25. The molecule has 20 heavy (non-hydrogen) atoms. The zero-order valence-electron chi connectivity index (χ0n) is 12.5. The molecule has 0 aliphatic heterocycles. The van der Waals surface area contributed by atoms with Gasteiger partial charge in [-0.1, -0.05) is 62.4 Å². The lowest BCUT2D eigenvalue weighted by molar-refractivity contribution is 0.180. The number of para-hydroxylation sites is 1. The van der Waals surface area contributed by atoms with E-state index in [0.29, 0.717) is 6.61 Å². The van der Waals surface area contributed by atoms with Crippen LogP contribution in [0.4, 0.5) is 0 Å². The van der Waals surface area contributed by atoms with Crippen LogP contribution in [0.2, 0.25) is 0 Å². The monoisotopic (exact) mass is 269 g/mol. The zero-order valence-corrected chi connectivity index (χ0v) is 12.5. The summed E-state index contributed by atoms with van der Waals surface area (Å²) in [7, 11) is 1.97. The van der Waals surface area contributed by atoms with Gasteiger partial charge < -0.3 is 10.1 Å². The van der Waals surface area contributed by atoms with Gasteiger partial charge in [-0.15, -0.1) is 0 Å². The van der Waals surface area contributed by atoms with E-state index in [9.17, 15) is 0 Å². The fraction of sp³-hybridized carbons (Fsp3) is 0.333. The molecule has 0 fully saturated rings. The molecule has 0 atom stereocenters. The van der Waals surface area contributed by atoms with Gasteiger partial charge in [0, 0.05) is 17.5 Å². The van der Waals surface area contributed by atoms with E-state index in [0.717, 1.165) is 17.9 Å². The van der Waals surface area contributed by atoms with Crippen LogP contribution in [-0.2, 0) is 0 Å². The van der Waals surface area contributed by atoms with Crippen molar-refractivity contribution in [2.75, 3.05) is 20.2 Å². The van der Waals surface area contributed by atoms with E-state index in [1.54, 1.807) is 0 Å². The highest BCUT2D eigenvalue weighted by atomic mass is 16.5. The maximum atomic E-state index is 6.07. The predicted octanol–water partition coefficient (Wildman–Crippen LogP) is 3.98. The maximum Gasteiger partial charge on any atom is 0.127 e. The number of rotatable bonds is 6. The Kier molecular flexibility index (Phi) is 4.80. The summed E-state index contributed by atoms with van der Waals surface area (Å²) in [5.41, 5.74) is 2.45. The van der Waals surface area contributed by atoms with Crippen molar-refractivity contribution in [3.63, 3.8) is 0 Å². The summed E-state index contributed by atoms with van der Waals surface area (Å²) in [6.45, 7) is 6.03. The van der Waals surface area contributed by atoms with Crippen LogP contribution in [0.15, 0.2) is 54.6 Å². The van der Waals surface area contributed by atoms with Gasteiger partial charge in [0.05, 0.1) is 6.61 Å². The molecule has 2 rings (SSSR count). The molecule has 0 spiro atoms. The fourth-order valence-corrected chi connectivity index (χ4v) is 2.25. The quantitative estimate of drug-likeness (QED) is 0.856. The van der Waals surface area contributed by atoms with Crippen LogP contribution in [0, 0.1) is 5.41 Å². The number of hydrogen-bond acceptors (Lipinski definition) is 2. The van der Waals surface area contributed by atoms with Crippen LogP contribution in [0.5, 0.6) is 5.75 Å². The van der Waals surface area contributed by atoms with Gasteiger partial charge in [-0.3, -0.25) is 0 Å².